The van der Waals surface area contributed by atoms with E-state index in [4.69, 9.17) is 22.1 Å². The fraction of sp³-hybridized carbons (Fsp3) is 0.462. The maximum absolute atomic E-state index is 11.9. The van der Waals surface area contributed by atoms with Crippen LogP contribution < -0.4 is 10.5 Å². The molecule has 1 unspecified atom stereocenters. The Bertz CT molecular complexity index is 425. The lowest BCUT2D eigenvalue weighted by Crippen LogP contribution is -2.47. The maximum Gasteiger partial charge on any atom is 0.260 e. The summed E-state index contributed by atoms with van der Waals surface area (Å²) < 4.78 is 5.42. The van der Waals surface area contributed by atoms with Gasteiger partial charge in [-0.3, -0.25) is 4.79 Å². The Morgan fingerprint density at radius 2 is 2.39 bits per heavy atom. The highest BCUT2D eigenvalue weighted by Gasteiger charge is 2.21. The lowest BCUT2D eigenvalue weighted by molar-refractivity contribution is -0.134. The summed E-state index contributed by atoms with van der Waals surface area (Å²) >= 11 is 5.84. The zero-order valence-electron chi connectivity index (χ0n) is 10.1. The molecule has 0 saturated carbocycles. The van der Waals surface area contributed by atoms with Crippen molar-refractivity contribution in [3.63, 3.8) is 0 Å². The average molecular weight is 269 g/mol. The molecular weight excluding hydrogens is 252 g/mol. The van der Waals surface area contributed by atoms with Crippen LogP contribution in [0.25, 0.3) is 0 Å². The number of nitrogens with two attached hydrogens (primary N) is 1. The number of nitrogens with zero attached hydrogens (tertiary/aromatic N) is 1. The topological polar surface area (TPSA) is 55.6 Å². The molecule has 2 rings (SSSR count). The Morgan fingerprint density at radius 1 is 1.56 bits per heavy atom. The molecule has 1 heterocycles. The van der Waals surface area contributed by atoms with Crippen molar-refractivity contribution in [2.24, 2.45) is 5.73 Å². The smallest absolute Gasteiger partial charge is 0.260 e. The highest BCUT2D eigenvalue weighted by molar-refractivity contribution is 6.30. The minimum Gasteiger partial charge on any atom is -0.484 e. The number of halogens is 1. The van der Waals surface area contributed by atoms with E-state index in [9.17, 15) is 4.79 Å². The Morgan fingerprint density at radius 3 is 3.11 bits per heavy atom. The summed E-state index contributed by atoms with van der Waals surface area (Å²) in [6, 6.07) is 7.12. The van der Waals surface area contributed by atoms with Gasteiger partial charge in [-0.15, -0.1) is 0 Å². The third-order valence-corrected chi connectivity index (χ3v) is 3.20. The molecule has 0 radical (unpaired) electrons. The zero-order valence-corrected chi connectivity index (χ0v) is 10.9. The van der Waals surface area contributed by atoms with Gasteiger partial charge < -0.3 is 15.4 Å². The van der Waals surface area contributed by atoms with Crippen LogP contribution in [0, 0.1) is 0 Å². The van der Waals surface area contributed by atoms with Gasteiger partial charge in [0.25, 0.3) is 5.91 Å². The van der Waals surface area contributed by atoms with Gasteiger partial charge in [-0.1, -0.05) is 17.7 Å². The molecule has 1 aromatic carbocycles. The summed E-state index contributed by atoms with van der Waals surface area (Å²) in [6.07, 6.45) is 1.95. The molecule has 1 atom stereocenters. The third kappa shape index (κ3) is 3.62. The highest BCUT2D eigenvalue weighted by Crippen LogP contribution is 2.17. The average Bonchev–Trinajstić information content (AvgIpc) is 2.36. The van der Waals surface area contributed by atoms with Crippen LogP contribution >= 0.6 is 11.6 Å². The molecule has 1 saturated heterocycles. The molecule has 0 aromatic heterocycles. The highest BCUT2D eigenvalue weighted by atomic mass is 35.5. The second-order valence-electron chi connectivity index (χ2n) is 4.49. The lowest BCUT2D eigenvalue weighted by atomic mass is 10.1. The first-order valence-corrected chi connectivity index (χ1v) is 6.44. The predicted octanol–water partition coefficient (Wildman–Crippen LogP) is 1.67. The van der Waals surface area contributed by atoms with Crippen LogP contribution in [0.3, 0.4) is 0 Å². The fourth-order valence-corrected chi connectivity index (χ4v) is 2.21. The summed E-state index contributed by atoms with van der Waals surface area (Å²) in [7, 11) is 0. The van der Waals surface area contributed by atoms with Crippen LogP contribution in [0.2, 0.25) is 5.02 Å². The van der Waals surface area contributed by atoms with Gasteiger partial charge in [-0.05, 0) is 31.0 Å². The minimum absolute atomic E-state index is 0.0230. The number of ether oxygens (including phenoxy) is 1. The van der Waals surface area contributed by atoms with Crippen molar-refractivity contribution in [2.45, 2.75) is 18.9 Å². The van der Waals surface area contributed by atoms with Gasteiger partial charge >= 0.3 is 0 Å². The summed E-state index contributed by atoms with van der Waals surface area (Å²) in [4.78, 5) is 13.7. The summed E-state index contributed by atoms with van der Waals surface area (Å²) in [5, 5.41) is 0.597. The number of carbonyl (C=O) groups is 1. The van der Waals surface area contributed by atoms with Crippen LogP contribution in [0.5, 0.6) is 5.75 Å². The van der Waals surface area contributed by atoms with E-state index in [-0.39, 0.29) is 18.6 Å². The minimum atomic E-state index is -0.0230. The van der Waals surface area contributed by atoms with E-state index >= 15 is 0 Å². The molecule has 0 aliphatic carbocycles. The number of hydrogen-bond donors (Lipinski definition) is 1. The predicted molar refractivity (Wildman–Crippen MR) is 70.7 cm³/mol. The van der Waals surface area contributed by atoms with Crippen molar-refractivity contribution in [3.8, 4) is 5.75 Å². The van der Waals surface area contributed by atoms with Gasteiger partial charge in [-0.2, -0.15) is 0 Å². The molecule has 98 valence electrons. The second-order valence-corrected chi connectivity index (χ2v) is 4.92. The number of likely N-dealkylation sites (tertiary alicyclic amines) is 1. The Labute approximate surface area is 112 Å². The molecule has 1 amide bonds. The number of benzene rings is 1. The van der Waals surface area contributed by atoms with Crippen molar-refractivity contribution in [1.82, 2.24) is 4.90 Å². The summed E-state index contributed by atoms with van der Waals surface area (Å²) in [5.74, 6) is 0.585. The number of piperidine rings is 1. The first-order chi connectivity index (χ1) is 8.65. The van der Waals surface area contributed by atoms with Crippen LogP contribution in [0.4, 0.5) is 0 Å². The number of carbonyl (C=O) groups excluding carboxylic acids is 1. The van der Waals surface area contributed by atoms with E-state index in [2.05, 4.69) is 0 Å². The largest absolute Gasteiger partial charge is 0.484 e. The van der Waals surface area contributed by atoms with Crippen LogP contribution in [0.1, 0.15) is 12.8 Å². The van der Waals surface area contributed by atoms with E-state index in [1.54, 1.807) is 29.2 Å². The molecule has 4 nitrogen and oxygen atoms in total. The number of rotatable bonds is 3. The quantitative estimate of drug-likeness (QED) is 0.907. The number of hydrogen-bond acceptors (Lipinski definition) is 3. The van der Waals surface area contributed by atoms with E-state index < -0.39 is 0 Å². The molecular formula is C13H17ClN2O2. The Kier molecular flexibility index (Phi) is 4.44. The van der Waals surface area contributed by atoms with E-state index in [0.29, 0.717) is 17.3 Å². The zero-order chi connectivity index (χ0) is 13.0. The van der Waals surface area contributed by atoms with Crippen molar-refractivity contribution in [1.29, 1.82) is 0 Å². The van der Waals surface area contributed by atoms with E-state index in [0.717, 1.165) is 19.4 Å². The van der Waals surface area contributed by atoms with Crippen LogP contribution in [0.15, 0.2) is 24.3 Å². The Balaban J connectivity index is 1.84. The molecule has 0 bridgehead atoms. The van der Waals surface area contributed by atoms with Gasteiger partial charge in [0.2, 0.25) is 0 Å². The van der Waals surface area contributed by atoms with Gasteiger partial charge in [0.05, 0.1) is 0 Å². The van der Waals surface area contributed by atoms with Gasteiger partial charge in [0.15, 0.2) is 6.61 Å². The fourth-order valence-electron chi connectivity index (χ4n) is 2.03. The molecule has 0 spiro atoms. The summed E-state index contributed by atoms with van der Waals surface area (Å²) in [5.41, 5.74) is 5.84. The molecule has 2 N–H and O–H groups in total. The maximum atomic E-state index is 11.9. The van der Waals surface area contributed by atoms with Crippen molar-refractivity contribution in [3.05, 3.63) is 29.3 Å². The van der Waals surface area contributed by atoms with Crippen molar-refractivity contribution in [2.75, 3.05) is 19.7 Å². The Hall–Kier alpha value is -1.26. The van der Waals surface area contributed by atoms with E-state index in [1.165, 1.54) is 0 Å². The number of amides is 1. The first-order valence-electron chi connectivity index (χ1n) is 6.07. The molecule has 5 heteroatoms. The first kappa shape index (κ1) is 13.2. The molecule has 1 aliphatic rings. The molecule has 1 aromatic rings. The van der Waals surface area contributed by atoms with Gasteiger partial charge in [-0.25, -0.2) is 0 Å². The SMILES string of the molecule is NC1CCCN(C(=O)COc2cccc(Cl)c2)C1. The molecule has 18 heavy (non-hydrogen) atoms. The van der Waals surface area contributed by atoms with Gasteiger partial charge in [0, 0.05) is 24.2 Å². The molecule has 1 fully saturated rings. The summed E-state index contributed by atoms with van der Waals surface area (Å²) in [6.45, 7) is 1.43. The third-order valence-electron chi connectivity index (χ3n) is 2.97. The monoisotopic (exact) mass is 268 g/mol. The lowest BCUT2D eigenvalue weighted by Gasteiger charge is -2.30. The van der Waals surface area contributed by atoms with Crippen LogP contribution in [-0.2, 0) is 4.79 Å². The standard InChI is InChI=1S/C13H17ClN2O2/c14-10-3-1-5-12(7-10)18-9-13(17)16-6-2-4-11(15)8-16/h1,3,5,7,11H,2,4,6,8-9,15H2. The normalized spacial score (nSPS) is 19.7. The molecule has 1 aliphatic heterocycles. The second kappa shape index (κ2) is 6.07. The van der Waals surface area contributed by atoms with Crippen molar-refractivity contribution >= 4 is 17.5 Å². The van der Waals surface area contributed by atoms with Crippen molar-refractivity contribution < 1.29 is 9.53 Å². The van der Waals surface area contributed by atoms with Gasteiger partial charge in [0.1, 0.15) is 5.75 Å². The van der Waals surface area contributed by atoms with Crippen LogP contribution in [-0.4, -0.2) is 36.5 Å². The van der Waals surface area contributed by atoms with E-state index in [1.807, 2.05) is 0 Å².